The summed E-state index contributed by atoms with van der Waals surface area (Å²) in [4.78, 5) is 0. The van der Waals surface area contributed by atoms with E-state index in [0.717, 1.165) is 29.6 Å². The van der Waals surface area contributed by atoms with Crippen LogP contribution in [0.1, 0.15) is 59.3 Å². The molecule has 1 fully saturated rings. The quantitative estimate of drug-likeness (QED) is 0.526. The molecule has 3 aliphatic carbocycles. The van der Waals surface area contributed by atoms with Gasteiger partial charge in [0.2, 0.25) is 0 Å². The molecule has 0 bridgehead atoms. The second-order valence-electron chi connectivity index (χ2n) is 7.58. The van der Waals surface area contributed by atoms with Gasteiger partial charge in [-0.15, -0.1) is 0 Å². The highest BCUT2D eigenvalue weighted by Gasteiger charge is 2.45. The average Bonchev–Trinajstić information content (AvgIpc) is 2.83. The van der Waals surface area contributed by atoms with Gasteiger partial charge >= 0.3 is 0 Å². The van der Waals surface area contributed by atoms with Crippen molar-refractivity contribution in [3.05, 3.63) is 47.6 Å². The predicted molar refractivity (Wildman–Crippen MR) is 96.6 cm³/mol. The number of rotatable bonds is 6. The Bertz CT molecular complexity index is 456. The first-order valence-electron chi connectivity index (χ1n) is 9.52. The molecule has 3 aliphatic rings. The van der Waals surface area contributed by atoms with Gasteiger partial charge in [0.1, 0.15) is 0 Å². The van der Waals surface area contributed by atoms with E-state index in [-0.39, 0.29) is 0 Å². The van der Waals surface area contributed by atoms with Gasteiger partial charge in [-0.05, 0) is 55.3 Å². The fourth-order valence-corrected chi connectivity index (χ4v) is 4.68. The summed E-state index contributed by atoms with van der Waals surface area (Å²) < 4.78 is 0. The van der Waals surface area contributed by atoms with E-state index in [1.54, 1.807) is 11.1 Å². The minimum Gasteiger partial charge on any atom is -0.0799 e. The molecule has 0 heterocycles. The van der Waals surface area contributed by atoms with Crippen molar-refractivity contribution >= 4 is 0 Å². The molecule has 0 spiro atoms. The molecule has 0 saturated heterocycles. The van der Waals surface area contributed by atoms with Gasteiger partial charge in [0, 0.05) is 0 Å². The molecule has 0 amide bonds. The van der Waals surface area contributed by atoms with Crippen LogP contribution in [0.5, 0.6) is 0 Å². The molecule has 0 radical (unpaired) electrons. The van der Waals surface area contributed by atoms with Gasteiger partial charge in [-0.2, -0.15) is 0 Å². The maximum Gasteiger partial charge on any atom is -0.00955 e. The predicted octanol–water partition coefficient (Wildman–Crippen LogP) is 6.47. The number of hydrogen-bond donors (Lipinski definition) is 0. The SMILES string of the molecule is CCCCC1=CC2C(C)C3C=C(CCCC)C=CC3C2C=C1. The lowest BCUT2D eigenvalue weighted by atomic mass is 9.80. The first-order chi connectivity index (χ1) is 10.7. The standard InChI is InChI=1S/C22H32/c1-4-6-8-17-10-12-19-20-13-11-18(9-7-5-2)15-22(20)16(3)21(19)14-17/h10-16,19-22H,4-9H2,1-3H3. The van der Waals surface area contributed by atoms with Crippen molar-refractivity contribution < 1.29 is 0 Å². The molecule has 0 nitrogen and oxygen atoms in total. The van der Waals surface area contributed by atoms with E-state index in [9.17, 15) is 0 Å². The smallest absolute Gasteiger partial charge is 0.00955 e. The minimum absolute atomic E-state index is 0.741. The lowest BCUT2D eigenvalue weighted by Gasteiger charge is -2.25. The summed E-state index contributed by atoms with van der Waals surface area (Å²) in [6.07, 6.45) is 23.0. The van der Waals surface area contributed by atoms with Crippen LogP contribution in [0, 0.1) is 29.6 Å². The van der Waals surface area contributed by atoms with E-state index in [2.05, 4.69) is 57.2 Å². The molecule has 4 atom stereocenters. The third-order valence-electron chi connectivity index (χ3n) is 6.06. The second kappa shape index (κ2) is 7.02. The highest BCUT2D eigenvalue weighted by molar-refractivity contribution is 5.35. The van der Waals surface area contributed by atoms with E-state index in [0.29, 0.717) is 0 Å². The molecular formula is C22H32. The number of hydrogen-bond acceptors (Lipinski definition) is 0. The van der Waals surface area contributed by atoms with Crippen molar-refractivity contribution in [2.75, 3.05) is 0 Å². The monoisotopic (exact) mass is 296 g/mol. The lowest BCUT2D eigenvalue weighted by molar-refractivity contribution is 0.411. The Labute approximate surface area is 137 Å². The van der Waals surface area contributed by atoms with Crippen LogP contribution >= 0.6 is 0 Å². The van der Waals surface area contributed by atoms with Crippen LogP contribution in [0.25, 0.3) is 0 Å². The Morgan fingerprint density at radius 2 is 1.18 bits per heavy atom. The molecule has 1 saturated carbocycles. The first kappa shape index (κ1) is 15.8. The largest absolute Gasteiger partial charge is 0.0799 e. The fourth-order valence-electron chi connectivity index (χ4n) is 4.68. The maximum absolute atomic E-state index is 2.62. The summed E-state index contributed by atoms with van der Waals surface area (Å²) in [5.74, 6) is 3.80. The fraction of sp³-hybridized carbons (Fsp3) is 0.636. The van der Waals surface area contributed by atoms with Crippen molar-refractivity contribution in [3.63, 3.8) is 0 Å². The topological polar surface area (TPSA) is 0 Å². The Morgan fingerprint density at radius 1 is 0.727 bits per heavy atom. The number of unbranched alkanes of at least 4 members (excludes halogenated alkanes) is 2. The molecule has 0 aliphatic heterocycles. The minimum atomic E-state index is 0.741. The summed E-state index contributed by atoms with van der Waals surface area (Å²) in [5.41, 5.74) is 3.18. The summed E-state index contributed by atoms with van der Waals surface area (Å²) >= 11 is 0. The normalized spacial score (nSPS) is 35.9. The van der Waals surface area contributed by atoms with E-state index in [1.165, 1.54) is 38.5 Å². The Balaban J connectivity index is 1.74. The highest BCUT2D eigenvalue weighted by atomic mass is 14.5. The van der Waals surface area contributed by atoms with E-state index >= 15 is 0 Å². The van der Waals surface area contributed by atoms with Crippen LogP contribution in [0.3, 0.4) is 0 Å². The van der Waals surface area contributed by atoms with Crippen molar-refractivity contribution in [1.29, 1.82) is 0 Å². The molecule has 0 aromatic rings. The van der Waals surface area contributed by atoms with Crippen molar-refractivity contribution in [3.8, 4) is 0 Å². The zero-order valence-electron chi connectivity index (χ0n) is 14.6. The first-order valence-corrected chi connectivity index (χ1v) is 9.52. The highest BCUT2D eigenvalue weighted by Crippen LogP contribution is 2.52. The molecular weight excluding hydrogens is 264 g/mol. The molecule has 0 aromatic heterocycles. The third-order valence-corrected chi connectivity index (χ3v) is 6.06. The zero-order valence-corrected chi connectivity index (χ0v) is 14.6. The Hall–Kier alpha value is -1.04. The van der Waals surface area contributed by atoms with E-state index in [4.69, 9.17) is 0 Å². The third kappa shape index (κ3) is 3.03. The molecule has 22 heavy (non-hydrogen) atoms. The van der Waals surface area contributed by atoms with Crippen molar-refractivity contribution in [1.82, 2.24) is 0 Å². The van der Waals surface area contributed by atoms with Crippen LogP contribution < -0.4 is 0 Å². The van der Waals surface area contributed by atoms with Gasteiger partial charge in [0.25, 0.3) is 0 Å². The second-order valence-corrected chi connectivity index (χ2v) is 7.58. The van der Waals surface area contributed by atoms with Crippen LogP contribution in [0.15, 0.2) is 47.6 Å². The average molecular weight is 296 g/mol. The van der Waals surface area contributed by atoms with Gasteiger partial charge in [0.05, 0.1) is 0 Å². The Kier molecular flexibility index (Phi) is 5.06. The molecule has 4 unspecified atom stereocenters. The Morgan fingerprint density at radius 3 is 1.59 bits per heavy atom. The molecule has 3 rings (SSSR count). The van der Waals surface area contributed by atoms with Crippen molar-refractivity contribution in [2.45, 2.75) is 59.3 Å². The number of allylic oxidation sites excluding steroid dienone is 8. The van der Waals surface area contributed by atoms with Crippen LogP contribution in [-0.2, 0) is 0 Å². The maximum atomic E-state index is 2.62. The summed E-state index contributed by atoms with van der Waals surface area (Å²) in [5, 5.41) is 0. The van der Waals surface area contributed by atoms with Gasteiger partial charge in [0.15, 0.2) is 0 Å². The summed E-state index contributed by atoms with van der Waals surface area (Å²) in [6.45, 7) is 7.06. The van der Waals surface area contributed by atoms with Crippen molar-refractivity contribution in [2.24, 2.45) is 29.6 Å². The molecule has 0 heteroatoms. The van der Waals surface area contributed by atoms with Gasteiger partial charge in [-0.25, -0.2) is 0 Å². The van der Waals surface area contributed by atoms with Crippen LogP contribution in [0.2, 0.25) is 0 Å². The molecule has 0 aromatic carbocycles. The lowest BCUT2D eigenvalue weighted by Crippen LogP contribution is -2.16. The summed E-state index contributed by atoms with van der Waals surface area (Å²) in [7, 11) is 0. The van der Waals surface area contributed by atoms with E-state index < -0.39 is 0 Å². The van der Waals surface area contributed by atoms with Gasteiger partial charge < -0.3 is 0 Å². The molecule has 120 valence electrons. The van der Waals surface area contributed by atoms with E-state index in [1.807, 2.05) is 0 Å². The number of fused-ring (bicyclic) bond motifs is 3. The zero-order chi connectivity index (χ0) is 15.5. The van der Waals surface area contributed by atoms with Gasteiger partial charge in [-0.3, -0.25) is 0 Å². The van der Waals surface area contributed by atoms with Crippen LogP contribution in [0.4, 0.5) is 0 Å². The molecule has 0 N–H and O–H groups in total. The summed E-state index contributed by atoms with van der Waals surface area (Å²) in [6, 6.07) is 0. The van der Waals surface area contributed by atoms with Crippen LogP contribution in [-0.4, -0.2) is 0 Å². The van der Waals surface area contributed by atoms with Gasteiger partial charge in [-0.1, -0.05) is 81.2 Å².